The van der Waals surface area contributed by atoms with Gasteiger partial charge >= 0.3 is 0 Å². The van der Waals surface area contributed by atoms with Crippen LogP contribution in [0.1, 0.15) is 15.9 Å². The molecule has 0 fully saturated rings. The zero-order valence-corrected chi connectivity index (χ0v) is 13.1. The second-order valence-corrected chi connectivity index (χ2v) is 5.83. The number of ketones is 1. The Balaban J connectivity index is 1.68. The number of carbonyl (C=O) groups excluding carboxylic acids is 1. The lowest BCUT2D eigenvalue weighted by Gasteiger charge is -2.02. The monoisotopic (exact) mass is 308 g/mol. The van der Waals surface area contributed by atoms with Gasteiger partial charge in [-0.1, -0.05) is 84.9 Å². The molecule has 4 aromatic rings. The first-order valence-electron chi connectivity index (χ1n) is 8.00. The number of rotatable bonds is 3. The van der Waals surface area contributed by atoms with Crippen LogP contribution in [0.3, 0.4) is 0 Å². The largest absolute Gasteiger partial charge is 0.289 e. The maximum absolute atomic E-state index is 12.5. The number of hydrogen-bond acceptors (Lipinski definition) is 1. The second-order valence-electron chi connectivity index (χ2n) is 5.83. The van der Waals surface area contributed by atoms with E-state index in [2.05, 4.69) is 24.3 Å². The Morgan fingerprint density at radius 2 is 1.38 bits per heavy atom. The van der Waals surface area contributed by atoms with Gasteiger partial charge in [0.2, 0.25) is 0 Å². The standard InChI is InChI=1S/C23H16O/c24-23(21-13-12-17-6-1-2-8-20(17)16-21)15-14-19-10-5-9-18-7-3-4-11-22(18)19/h1-16H/b15-14+. The van der Waals surface area contributed by atoms with Crippen LogP contribution < -0.4 is 0 Å². The highest BCUT2D eigenvalue weighted by Gasteiger charge is 2.04. The summed E-state index contributed by atoms with van der Waals surface area (Å²) >= 11 is 0. The molecule has 0 aliphatic heterocycles. The first-order valence-corrected chi connectivity index (χ1v) is 8.00. The molecule has 0 amide bonds. The molecule has 0 bridgehead atoms. The third-order valence-electron chi connectivity index (χ3n) is 4.27. The summed E-state index contributed by atoms with van der Waals surface area (Å²) < 4.78 is 0. The van der Waals surface area contributed by atoms with E-state index in [1.54, 1.807) is 6.08 Å². The van der Waals surface area contributed by atoms with Crippen molar-refractivity contribution in [2.45, 2.75) is 0 Å². The number of benzene rings is 4. The zero-order chi connectivity index (χ0) is 16.4. The third-order valence-corrected chi connectivity index (χ3v) is 4.27. The van der Waals surface area contributed by atoms with Gasteiger partial charge in [0, 0.05) is 5.56 Å². The maximum atomic E-state index is 12.5. The van der Waals surface area contributed by atoms with Crippen molar-refractivity contribution in [1.29, 1.82) is 0 Å². The minimum atomic E-state index is 0.0219. The van der Waals surface area contributed by atoms with E-state index in [4.69, 9.17) is 0 Å². The quantitative estimate of drug-likeness (QED) is 0.341. The Labute approximate surface area is 140 Å². The van der Waals surface area contributed by atoms with Crippen LogP contribution in [-0.2, 0) is 0 Å². The molecule has 0 saturated carbocycles. The lowest BCUT2D eigenvalue weighted by molar-refractivity contribution is 0.104. The molecule has 0 aliphatic rings. The van der Waals surface area contributed by atoms with Gasteiger partial charge in [-0.25, -0.2) is 0 Å². The first-order chi connectivity index (χ1) is 11.8. The van der Waals surface area contributed by atoms with Crippen LogP contribution in [0.2, 0.25) is 0 Å². The van der Waals surface area contributed by atoms with Gasteiger partial charge in [0.05, 0.1) is 0 Å². The molecule has 0 saturated heterocycles. The summed E-state index contributed by atoms with van der Waals surface area (Å²) in [6.45, 7) is 0. The van der Waals surface area contributed by atoms with Crippen LogP contribution in [0.15, 0.2) is 91.0 Å². The minimum absolute atomic E-state index is 0.0219. The topological polar surface area (TPSA) is 17.1 Å². The van der Waals surface area contributed by atoms with E-state index in [1.165, 1.54) is 5.39 Å². The Morgan fingerprint density at radius 3 is 2.25 bits per heavy atom. The number of allylic oxidation sites excluding steroid dienone is 1. The van der Waals surface area contributed by atoms with Crippen LogP contribution in [0, 0.1) is 0 Å². The predicted molar refractivity (Wildman–Crippen MR) is 101 cm³/mol. The molecular formula is C23H16O. The Hall–Kier alpha value is -3.19. The highest BCUT2D eigenvalue weighted by atomic mass is 16.1. The van der Waals surface area contributed by atoms with Crippen LogP contribution in [0.4, 0.5) is 0 Å². The third kappa shape index (κ3) is 2.72. The van der Waals surface area contributed by atoms with E-state index in [1.807, 2.05) is 66.7 Å². The van der Waals surface area contributed by atoms with E-state index < -0.39 is 0 Å². The van der Waals surface area contributed by atoms with Gasteiger partial charge < -0.3 is 0 Å². The van der Waals surface area contributed by atoms with E-state index in [0.29, 0.717) is 5.56 Å². The molecule has 0 N–H and O–H groups in total. The maximum Gasteiger partial charge on any atom is 0.185 e. The van der Waals surface area contributed by atoms with Gasteiger partial charge in [-0.2, -0.15) is 0 Å². The van der Waals surface area contributed by atoms with Gasteiger partial charge in [0.1, 0.15) is 0 Å². The highest BCUT2D eigenvalue weighted by molar-refractivity contribution is 6.09. The van der Waals surface area contributed by atoms with Crippen molar-refractivity contribution in [2.75, 3.05) is 0 Å². The molecule has 4 aromatic carbocycles. The summed E-state index contributed by atoms with van der Waals surface area (Å²) in [5.41, 5.74) is 1.77. The van der Waals surface area contributed by atoms with Crippen molar-refractivity contribution in [3.8, 4) is 0 Å². The van der Waals surface area contributed by atoms with Crippen molar-refractivity contribution < 1.29 is 4.79 Å². The number of fused-ring (bicyclic) bond motifs is 2. The molecule has 0 unspecified atom stereocenters. The molecule has 0 heterocycles. The molecule has 0 radical (unpaired) electrons. The number of hydrogen-bond donors (Lipinski definition) is 0. The van der Waals surface area contributed by atoms with Gasteiger partial charge in [-0.15, -0.1) is 0 Å². The van der Waals surface area contributed by atoms with E-state index in [9.17, 15) is 4.79 Å². The molecule has 0 spiro atoms. The SMILES string of the molecule is O=C(/C=C/c1cccc2ccccc12)c1ccc2ccccc2c1. The Bertz CT molecular complexity index is 1070. The average Bonchev–Trinajstić information content (AvgIpc) is 2.65. The van der Waals surface area contributed by atoms with Crippen molar-refractivity contribution in [3.63, 3.8) is 0 Å². The lowest BCUT2D eigenvalue weighted by Crippen LogP contribution is -1.93. The van der Waals surface area contributed by atoms with Gasteiger partial charge in [0.15, 0.2) is 5.78 Å². The second kappa shape index (κ2) is 6.13. The van der Waals surface area contributed by atoms with Gasteiger partial charge in [-0.05, 0) is 39.3 Å². The molecule has 0 aliphatic carbocycles. The fraction of sp³-hybridized carbons (Fsp3) is 0. The molecule has 0 aromatic heterocycles. The normalized spacial score (nSPS) is 11.3. The van der Waals surface area contributed by atoms with Crippen LogP contribution in [-0.4, -0.2) is 5.78 Å². The first kappa shape index (κ1) is 14.4. The average molecular weight is 308 g/mol. The summed E-state index contributed by atoms with van der Waals surface area (Å²) in [5.74, 6) is 0.0219. The summed E-state index contributed by atoms with van der Waals surface area (Å²) in [6, 6.07) is 28.2. The molecule has 114 valence electrons. The van der Waals surface area contributed by atoms with Crippen molar-refractivity contribution in [2.24, 2.45) is 0 Å². The zero-order valence-electron chi connectivity index (χ0n) is 13.1. The van der Waals surface area contributed by atoms with Gasteiger partial charge in [0.25, 0.3) is 0 Å². The summed E-state index contributed by atoms with van der Waals surface area (Å²) in [6.07, 6.45) is 3.56. The van der Waals surface area contributed by atoms with E-state index in [0.717, 1.165) is 21.7 Å². The van der Waals surface area contributed by atoms with Crippen LogP contribution in [0.25, 0.3) is 27.6 Å². The highest BCUT2D eigenvalue weighted by Crippen LogP contribution is 2.20. The van der Waals surface area contributed by atoms with Crippen LogP contribution in [0.5, 0.6) is 0 Å². The van der Waals surface area contributed by atoms with E-state index in [-0.39, 0.29) is 5.78 Å². The lowest BCUT2D eigenvalue weighted by atomic mass is 10.0. The summed E-state index contributed by atoms with van der Waals surface area (Å²) in [7, 11) is 0. The number of carbonyl (C=O) groups is 1. The summed E-state index contributed by atoms with van der Waals surface area (Å²) in [4.78, 5) is 12.5. The fourth-order valence-corrected chi connectivity index (χ4v) is 3.00. The molecule has 24 heavy (non-hydrogen) atoms. The van der Waals surface area contributed by atoms with Crippen molar-refractivity contribution in [1.82, 2.24) is 0 Å². The van der Waals surface area contributed by atoms with Crippen molar-refractivity contribution >= 4 is 33.4 Å². The molecule has 1 nitrogen and oxygen atoms in total. The molecule has 4 rings (SSSR count). The fourth-order valence-electron chi connectivity index (χ4n) is 3.00. The summed E-state index contributed by atoms with van der Waals surface area (Å²) in [5, 5.41) is 4.56. The van der Waals surface area contributed by atoms with Crippen molar-refractivity contribution in [3.05, 3.63) is 102 Å². The van der Waals surface area contributed by atoms with Gasteiger partial charge in [-0.3, -0.25) is 4.79 Å². The molecular weight excluding hydrogens is 292 g/mol. The molecule has 0 atom stereocenters. The predicted octanol–water partition coefficient (Wildman–Crippen LogP) is 5.89. The molecule has 1 heteroatoms. The Kier molecular flexibility index (Phi) is 3.68. The van der Waals surface area contributed by atoms with E-state index >= 15 is 0 Å². The smallest absolute Gasteiger partial charge is 0.185 e. The van der Waals surface area contributed by atoms with Crippen LogP contribution >= 0.6 is 0 Å². The minimum Gasteiger partial charge on any atom is -0.289 e. The Morgan fingerprint density at radius 1 is 0.667 bits per heavy atom.